The van der Waals surface area contributed by atoms with E-state index in [0.717, 1.165) is 11.6 Å². The monoisotopic (exact) mass is 250 g/mol. The van der Waals surface area contributed by atoms with Crippen molar-refractivity contribution in [3.63, 3.8) is 0 Å². The van der Waals surface area contributed by atoms with E-state index in [9.17, 15) is 0 Å². The number of nitrogens with one attached hydrogen (secondary N) is 1. The first-order valence-corrected chi connectivity index (χ1v) is 6.76. The largest absolute Gasteiger partial charge is 0.330 e. The van der Waals surface area contributed by atoms with E-state index in [1.165, 1.54) is 5.69 Å². The summed E-state index contributed by atoms with van der Waals surface area (Å²) in [5.41, 5.74) is 1.18. The molecule has 0 bridgehead atoms. The summed E-state index contributed by atoms with van der Waals surface area (Å²) in [4.78, 5) is 8.66. The summed E-state index contributed by atoms with van der Waals surface area (Å²) in [5, 5.41) is 6.57. The highest BCUT2D eigenvalue weighted by Crippen LogP contribution is 2.25. The molecular weight excluding hydrogens is 232 g/mol. The lowest BCUT2D eigenvalue weighted by Gasteiger charge is -2.19. The molecule has 92 valence electrons. The van der Waals surface area contributed by atoms with Crippen molar-refractivity contribution >= 4 is 11.3 Å². The molecule has 17 heavy (non-hydrogen) atoms. The van der Waals surface area contributed by atoms with Crippen LogP contribution in [0.25, 0.3) is 0 Å². The molecule has 2 heterocycles. The summed E-state index contributed by atoms with van der Waals surface area (Å²) in [6.45, 7) is 7.34. The van der Waals surface area contributed by atoms with Gasteiger partial charge in [-0.05, 0) is 20.4 Å². The smallest absolute Gasteiger partial charge is 0.116 e. The van der Waals surface area contributed by atoms with E-state index < -0.39 is 0 Å². The van der Waals surface area contributed by atoms with Crippen LogP contribution in [0, 0.1) is 0 Å². The third kappa shape index (κ3) is 2.56. The molecule has 0 saturated carbocycles. The normalized spacial score (nSPS) is 13.2. The van der Waals surface area contributed by atoms with Gasteiger partial charge in [-0.25, -0.2) is 9.97 Å². The van der Waals surface area contributed by atoms with Crippen molar-refractivity contribution < 1.29 is 0 Å². The van der Waals surface area contributed by atoms with Crippen LogP contribution in [0.3, 0.4) is 0 Å². The fraction of sp³-hybridized carbons (Fsp3) is 0.500. The van der Waals surface area contributed by atoms with Crippen LogP contribution in [0.1, 0.15) is 43.6 Å². The Morgan fingerprint density at radius 1 is 1.47 bits per heavy atom. The van der Waals surface area contributed by atoms with E-state index in [1.807, 2.05) is 24.1 Å². The van der Waals surface area contributed by atoms with Gasteiger partial charge in [-0.2, -0.15) is 0 Å². The van der Waals surface area contributed by atoms with Crippen LogP contribution in [-0.4, -0.2) is 21.1 Å². The Bertz CT molecular complexity index is 447. The molecule has 0 aliphatic heterocycles. The van der Waals surface area contributed by atoms with Gasteiger partial charge in [0.15, 0.2) is 0 Å². The number of imidazole rings is 1. The molecule has 0 aromatic carbocycles. The Labute approximate surface area is 106 Å². The Balaban J connectivity index is 2.36. The van der Waals surface area contributed by atoms with Gasteiger partial charge in [-0.1, -0.05) is 6.92 Å². The van der Waals surface area contributed by atoms with Crippen LogP contribution in [0.2, 0.25) is 0 Å². The Hall–Kier alpha value is -1.20. The van der Waals surface area contributed by atoms with Crippen molar-refractivity contribution in [3.8, 4) is 0 Å². The summed E-state index contributed by atoms with van der Waals surface area (Å²) in [6.07, 6.45) is 5.66. The molecule has 1 unspecified atom stereocenters. The molecule has 0 radical (unpaired) electrons. The third-order valence-electron chi connectivity index (χ3n) is 2.65. The maximum Gasteiger partial charge on any atom is 0.116 e. The Morgan fingerprint density at radius 2 is 2.29 bits per heavy atom. The zero-order valence-electron chi connectivity index (χ0n) is 10.4. The van der Waals surface area contributed by atoms with E-state index in [4.69, 9.17) is 0 Å². The van der Waals surface area contributed by atoms with Gasteiger partial charge in [0.1, 0.15) is 11.0 Å². The summed E-state index contributed by atoms with van der Waals surface area (Å²) in [5.74, 6) is 0. The summed E-state index contributed by atoms with van der Waals surface area (Å²) >= 11 is 1.67. The van der Waals surface area contributed by atoms with Gasteiger partial charge in [0.25, 0.3) is 0 Å². The topological polar surface area (TPSA) is 42.7 Å². The number of aromatic nitrogens is 3. The third-order valence-corrected chi connectivity index (χ3v) is 3.50. The predicted octanol–water partition coefficient (Wildman–Crippen LogP) is 2.62. The van der Waals surface area contributed by atoms with Crippen LogP contribution in [0.15, 0.2) is 24.1 Å². The molecule has 0 amide bonds. The van der Waals surface area contributed by atoms with Crippen molar-refractivity contribution in [2.24, 2.45) is 0 Å². The predicted molar refractivity (Wildman–Crippen MR) is 70.2 cm³/mol. The first-order chi connectivity index (χ1) is 8.24. The van der Waals surface area contributed by atoms with Gasteiger partial charge in [-0.15, -0.1) is 11.3 Å². The first kappa shape index (κ1) is 12.3. The van der Waals surface area contributed by atoms with Crippen molar-refractivity contribution in [2.45, 2.75) is 32.9 Å². The number of rotatable bonds is 5. The molecule has 0 spiro atoms. The van der Waals surface area contributed by atoms with E-state index in [-0.39, 0.29) is 6.04 Å². The zero-order chi connectivity index (χ0) is 12.3. The van der Waals surface area contributed by atoms with Crippen LogP contribution >= 0.6 is 11.3 Å². The molecular formula is C12H18N4S. The fourth-order valence-corrected chi connectivity index (χ4v) is 2.59. The molecule has 0 aliphatic carbocycles. The lowest BCUT2D eigenvalue weighted by Crippen LogP contribution is -2.24. The van der Waals surface area contributed by atoms with Gasteiger partial charge in [-0.3, -0.25) is 0 Å². The maximum absolute atomic E-state index is 4.41. The van der Waals surface area contributed by atoms with Gasteiger partial charge < -0.3 is 9.88 Å². The zero-order valence-corrected chi connectivity index (χ0v) is 11.2. The highest BCUT2D eigenvalue weighted by atomic mass is 32.1. The van der Waals surface area contributed by atoms with E-state index in [0.29, 0.717) is 6.04 Å². The lowest BCUT2D eigenvalue weighted by molar-refractivity contribution is 0.521. The second-order valence-corrected chi connectivity index (χ2v) is 5.11. The summed E-state index contributed by atoms with van der Waals surface area (Å²) in [7, 11) is 0. The van der Waals surface area contributed by atoms with Crippen molar-refractivity contribution in [2.75, 3.05) is 6.54 Å². The minimum Gasteiger partial charge on any atom is -0.330 e. The van der Waals surface area contributed by atoms with Crippen LogP contribution in [0.5, 0.6) is 0 Å². The number of hydrogen-bond acceptors (Lipinski definition) is 4. The highest BCUT2D eigenvalue weighted by molar-refractivity contribution is 7.09. The average Bonchev–Trinajstić information content (AvgIpc) is 2.96. The van der Waals surface area contributed by atoms with Crippen molar-refractivity contribution in [1.29, 1.82) is 0 Å². The SMILES string of the molecule is CCNC(c1nccs1)c1cncn1C(C)C. The van der Waals surface area contributed by atoms with E-state index in [1.54, 1.807) is 11.3 Å². The van der Waals surface area contributed by atoms with Gasteiger partial charge in [0.2, 0.25) is 0 Å². The first-order valence-electron chi connectivity index (χ1n) is 5.88. The second kappa shape index (κ2) is 5.42. The number of hydrogen-bond donors (Lipinski definition) is 1. The summed E-state index contributed by atoms with van der Waals surface area (Å²) in [6, 6.07) is 0.554. The molecule has 5 heteroatoms. The summed E-state index contributed by atoms with van der Waals surface area (Å²) < 4.78 is 2.19. The van der Waals surface area contributed by atoms with Gasteiger partial charge in [0.05, 0.1) is 18.2 Å². The minimum atomic E-state index is 0.143. The Kier molecular flexibility index (Phi) is 3.91. The highest BCUT2D eigenvalue weighted by Gasteiger charge is 2.20. The van der Waals surface area contributed by atoms with E-state index in [2.05, 4.69) is 40.6 Å². The van der Waals surface area contributed by atoms with Crippen molar-refractivity contribution in [3.05, 3.63) is 34.8 Å². The molecule has 0 saturated heterocycles. The quantitative estimate of drug-likeness (QED) is 0.887. The van der Waals surface area contributed by atoms with Crippen LogP contribution in [-0.2, 0) is 0 Å². The van der Waals surface area contributed by atoms with Gasteiger partial charge >= 0.3 is 0 Å². The molecule has 1 N–H and O–H groups in total. The Morgan fingerprint density at radius 3 is 2.88 bits per heavy atom. The lowest BCUT2D eigenvalue weighted by atomic mass is 10.2. The minimum absolute atomic E-state index is 0.143. The molecule has 0 aliphatic rings. The second-order valence-electron chi connectivity index (χ2n) is 4.18. The molecule has 4 nitrogen and oxygen atoms in total. The molecule has 2 aromatic heterocycles. The maximum atomic E-state index is 4.41. The molecule has 1 atom stereocenters. The van der Waals surface area contributed by atoms with E-state index >= 15 is 0 Å². The van der Waals surface area contributed by atoms with Crippen molar-refractivity contribution in [1.82, 2.24) is 19.9 Å². The fourth-order valence-electron chi connectivity index (χ4n) is 1.87. The van der Waals surface area contributed by atoms with Crippen LogP contribution in [0.4, 0.5) is 0 Å². The molecule has 2 aromatic rings. The van der Waals surface area contributed by atoms with Crippen LogP contribution < -0.4 is 5.32 Å². The number of nitrogens with zero attached hydrogens (tertiary/aromatic N) is 3. The van der Waals surface area contributed by atoms with Gasteiger partial charge in [0, 0.05) is 17.6 Å². The molecule has 2 rings (SSSR count). The average molecular weight is 250 g/mol. The number of thiazole rings is 1. The molecule has 0 fully saturated rings. The standard InChI is InChI=1S/C12H18N4S/c1-4-14-11(12-15-5-6-17-12)10-7-13-8-16(10)9(2)3/h5-9,11,14H,4H2,1-3H3.